The van der Waals surface area contributed by atoms with Crippen molar-refractivity contribution < 1.29 is 9.18 Å². The van der Waals surface area contributed by atoms with Gasteiger partial charge in [-0.15, -0.1) is 0 Å². The number of aromatic nitrogens is 4. The Hall–Kier alpha value is -4.29. The normalized spacial score (nSPS) is 13.8. The first-order valence-corrected chi connectivity index (χ1v) is 18.5. The van der Waals surface area contributed by atoms with E-state index in [0.29, 0.717) is 41.0 Å². The van der Waals surface area contributed by atoms with Crippen molar-refractivity contribution >= 4 is 29.3 Å². The van der Waals surface area contributed by atoms with Crippen LogP contribution in [0.1, 0.15) is 28.7 Å². The predicted octanol–water partition coefficient (Wildman–Crippen LogP) is 5.99. The summed E-state index contributed by atoms with van der Waals surface area (Å²) in [6, 6.07) is 22.3. The van der Waals surface area contributed by atoms with Crippen molar-refractivity contribution in [3.05, 3.63) is 135 Å². The second-order valence-corrected chi connectivity index (χ2v) is 14.5. The van der Waals surface area contributed by atoms with E-state index < -0.39 is 0 Å². The number of thioether (sulfide) groups is 1. The molecule has 0 atom stereocenters. The minimum atomic E-state index is -0.339. The average molecular weight is 728 g/mol. The number of piperazine rings is 1. The third kappa shape index (κ3) is 10.4. The number of nitrogens with zero attached hydrogens (tertiary/aromatic N) is 7. The highest BCUT2D eigenvalue weighted by Gasteiger charge is 2.20. The van der Waals surface area contributed by atoms with E-state index in [1.807, 2.05) is 42.4 Å². The third-order valence-corrected chi connectivity index (χ3v) is 10.4. The quantitative estimate of drug-likeness (QED) is 0.103. The van der Waals surface area contributed by atoms with Crippen LogP contribution in [0.5, 0.6) is 0 Å². The molecule has 1 saturated heterocycles. The highest BCUT2D eigenvalue weighted by atomic mass is 35.5. The Morgan fingerprint density at radius 1 is 0.882 bits per heavy atom. The van der Waals surface area contributed by atoms with Gasteiger partial charge in [-0.25, -0.2) is 4.39 Å². The molecule has 266 valence electrons. The maximum absolute atomic E-state index is 14.3. The van der Waals surface area contributed by atoms with Crippen LogP contribution in [-0.2, 0) is 37.1 Å². The lowest BCUT2D eigenvalue weighted by atomic mass is 10.0. The van der Waals surface area contributed by atoms with Crippen molar-refractivity contribution in [3.63, 3.8) is 0 Å². The summed E-state index contributed by atoms with van der Waals surface area (Å²) in [5.41, 5.74) is 5.10. The lowest BCUT2D eigenvalue weighted by Crippen LogP contribution is -2.45. The maximum Gasteiger partial charge on any atom is 0.277 e. The molecule has 6 rings (SSSR count). The number of carbonyl (C=O) groups excluding carboxylic acids is 1. The minimum Gasteiger partial charge on any atom is -0.337 e. The summed E-state index contributed by atoms with van der Waals surface area (Å²) in [4.78, 5) is 38.7. The van der Waals surface area contributed by atoms with Crippen LogP contribution in [0.15, 0.2) is 101 Å². The average Bonchev–Trinajstić information content (AvgIpc) is 3.54. The summed E-state index contributed by atoms with van der Waals surface area (Å²) in [5.74, 6) is 0.102. The molecule has 9 nitrogen and oxygen atoms in total. The Balaban J connectivity index is 1.23. The van der Waals surface area contributed by atoms with Gasteiger partial charge >= 0.3 is 0 Å². The van der Waals surface area contributed by atoms with Gasteiger partial charge in [0.15, 0.2) is 5.16 Å². The Labute approximate surface area is 307 Å². The first-order valence-electron chi connectivity index (χ1n) is 17.2. The van der Waals surface area contributed by atoms with Gasteiger partial charge in [0.2, 0.25) is 5.91 Å². The van der Waals surface area contributed by atoms with E-state index in [1.54, 1.807) is 33.8 Å². The van der Waals surface area contributed by atoms with Gasteiger partial charge in [0.1, 0.15) is 12.4 Å². The first-order chi connectivity index (χ1) is 24.7. The van der Waals surface area contributed by atoms with Gasteiger partial charge in [-0.3, -0.25) is 14.3 Å². The van der Waals surface area contributed by atoms with E-state index in [0.717, 1.165) is 67.0 Å². The fourth-order valence-electron chi connectivity index (χ4n) is 6.14. The molecule has 1 fully saturated rings. The zero-order valence-electron chi connectivity index (χ0n) is 29.0. The zero-order valence-corrected chi connectivity index (χ0v) is 30.6. The second-order valence-electron chi connectivity index (χ2n) is 13.1. The van der Waals surface area contributed by atoms with Crippen molar-refractivity contribution in [3.8, 4) is 11.1 Å². The first kappa shape index (κ1) is 36.5. The number of halogens is 2. The highest BCUT2D eigenvalue weighted by molar-refractivity contribution is 7.98. The van der Waals surface area contributed by atoms with Crippen molar-refractivity contribution in [2.24, 2.45) is 7.05 Å². The van der Waals surface area contributed by atoms with Crippen LogP contribution in [0.2, 0.25) is 5.02 Å². The Morgan fingerprint density at radius 3 is 2.22 bits per heavy atom. The fourth-order valence-corrected chi connectivity index (χ4v) is 7.19. The van der Waals surface area contributed by atoms with Gasteiger partial charge in [0.05, 0.1) is 6.20 Å². The molecule has 0 N–H and O–H groups in total. The summed E-state index contributed by atoms with van der Waals surface area (Å²) in [6.07, 6.45) is 6.56. The van der Waals surface area contributed by atoms with Crippen molar-refractivity contribution in [1.82, 2.24) is 34.0 Å². The van der Waals surface area contributed by atoms with Gasteiger partial charge in [-0.1, -0.05) is 71.9 Å². The van der Waals surface area contributed by atoms with Gasteiger partial charge in [-0.2, -0.15) is 10.1 Å². The molecule has 0 aliphatic carbocycles. The molecule has 1 aliphatic rings. The molecular weight excluding hydrogens is 685 g/mol. The molecule has 3 heterocycles. The van der Waals surface area contributed by atoms with Crippen LogP contribution in [0.25, 0.3) is 11.1 Å². The molecule has 0 spiro atoms. The lowest BCUT2D eigenvalue weighted by Gasteiger charge is -2.33. The van der Waals surface area contributed by atoms with Crippen LogP contribution in [-0.4, -0.2) is 86.3 Å². The fraction of sp³-hybridized carbons (Fsp3) is 0.333. The second kappa shape index (κ2) is 17.3. The summed E-state index contributed by atoms with van der Waals surface area (Å²) >= 11 is 7.46. The number of hydrogen-bond acceptors (Lipinski definition) is 7. The number of carbonyl (C=O) groups is 1. The molecule has 0 saturated carbocycles. The number of likely N-dealkylation sites (N-methyl/N-ethyl adjacent to an activating group) is 1. The van der Waals surface area contributed by atoms with E-state index in [1.165, 1.54) is 23.9 Å². The van der Waals surface area contributed by atoms with Crippen LogP contribution in [0, 0.1) is 5.82 Å². The summed E-state index contributed by atoms with van der Waals surface area (Å²) < 4.78 is 17.1. The van der Waals surface area contributed by atoms with Crippen molar-refractivity contribution in [2.75, 3.05) is 46.3 Å². The molecular formula is C39H43ClFN7O2S. The maximum atomic E-state index is 14.3. The number of hydrogen-bond donors (Lipinski definition) is 0. The number of amides is 1. The summed E-state index contributed by atoms with van der Waals surface area (Å²) in [5, 5.41) is 5.38. The largest absolute Gasteiger partial charge is 0.337 e. The molecule has 0 bridgehead atoms. The van der Waals surface area contributed by atoms with Gasteiger partial charge in [-0.05, 0) is 72.1 Å². The van der Waals surface area contributed by atoms with Crippen LogP contribution in [0.4, 0.5) is 4.39 Å². The van der Waals surface area contributed by atoms with Gasteiger partial charge in [0, 0.05) is 81.5 Å². The molecule has 51 heavy (non-hydrogen) atoms. The number of benzene rings is 3. The molecule has 5 aromatic rings. The van der Waals surface area contributed by atoms with E-state index in [2.05, 4.69) is 51.2 Å². The molecule has 2 aromatic heterocycles. The van der Waals surface area contributed by atoms with Crippen LogP contribution >= 0.6 is 23.4 Å². The van der Waals surface area contributed by atoms with E-state index >= 15 is 0 Å². The van der Waals surface area contributed by atoms with E-state index in [9.17, 15) is 14.0 Å². The topological polar surface area (TPSA) is 79.5 Å². The summed E-state index contributed by atoms with van der Waals surface area (Å²) in [7, 11) is 3.98. The molecule has 0 radical (unpaired) electrons. The van der Waals surface area contributed by atoms with E-state index in [-0.39, 0.29) is 23.8 Å². The molecule has 1 aliphatic heterocycles. The monoisotopic (exact) mass is 727 g/mol. The highest BCUT2D eigenvalue weighted by Crippen LogP contribution is 2.24. The van der Waals surface area contributed by atoms with Gasteiger partial charge in [0.25, 0.3) is 5.56 Å². The lowest BCUT2D eigenvalue weighted by molar-refractivity contribution is -0.132. The zero-order chi connectivity index (χ0) is 35.7. The molecule has 1 amide bonds. The molecule has 12 heteroatoms. The SMILES string of the molecule is CN1CCN(CCCN(Cc2ccc(-c3ccc(Cl)cc3)cc2)C(=O)Cn2cc(Cc3cnn(C)c3)c(=O)nc2SCc2ccc(F)cc2)CC1. The predicted molar refractivity (Wildman–Crippen MR) is 201 cm³/mol. The Bertz CT molecular complexity index is 1960. The minimum absolute atomic E-state index is 0.0242. The van der Waals surface area contributed by atoms with Crippen LogP contribution < -0.4 is 5.56 Å². The Morgan fingerprint density at radius 2 is 1.55 bits per heavy atom. The number of aryl methyl sites for hydroxylation is 1. The van der Waals surface area contributed by atoms with Crippen LogP contribution in [0.3, 0.4) is 0 Å². The standard InChI is InChI=1S/C39H43ClFN7O2S/c1-44-18-20-46(21-19-44)16-3-17-47(25-29-4-8-32(9-5-29)33-10-12-35(40)13-11-33)37(49)27-48-26-34(22-31-23-42-45(2)24-31)38(50)43-39(48)51-28-30-6-14-36(41)15-7-30/h4-15,23-24,26H,3,16-22,25,27-28H2,1-2H3. The van der Waals surface area contributed by atoms with Crippen molar-refractivity contribution in [1.29, 1.82) is 0 Å². The van der Waals surface area contributed by atoms with Gasteiger partial charge < -0.3 is 19.3 Å². The van der Waals surface area contributed by atoms with E-state index in [4.69, 9.17) is 11.6 Å². The Kier molecular flexibility index (Phi) is 12.4. The third-order valence-electron chi connectivity index (χ3n) is 9.12. The molecule has 3 aromatic carbocycles. The summed E-state index contributed by atoms with van der Waals surface area (Å²) in [6.45, 7) is 6.12. The van der Waals surface area contributed by atoms with Crippen molar-refractivity contribution in [2.45, 2.75) is 36.8 Å². The number of rotatable bonds is 14. The molecule has 0 unspecified atom stereocenters. The smallest absolute Gasteiger partial charge is 0.277 e.